The fourth-order valence-electron chi connectivity index (χ4n) is 5.35. The highest BCUT2D eigenvalue weighted by Crippen LogP contribution is 2.42. The largest absolute Gasteiger partial charge is 0.497 e. The molecule has 10 heteroatoms. The number of hydrogen-bond acceptors (Lipinski definition) is 5. The molecule has 0 aliphatic carbocycles. The number of ether oxygens (including phenoxy) is 1. The number of aliphatic hydroxyl groups is 1. The first-order valence-electron chi connectivity index (χ1n) is 12.9. The maximum Gasteiger partial charge on any atom is 0.303 e. The third kappa shape index (κ3) is 6.72. The zero-order valence-electron chi connectivity index (χ0n) is 22.0. The van der Waals surface area contributed by atoms with E-state index in [0.717, 1.165) is 12.1 Å². The van der Waals surface area contributed by atoms with Gasteiger partial charge in [0.25, 0.3) is 0 Å². The van der Waals surface area contributed by atoms with E-state index in [-0.39, 0.29) is 30.5 Å². The number of piperidine rings is 1. The highest BCUT2D eigenvalue weighted by molar-refractivity contribution is 5.85. The summed E-state index contributed by atoms with van der Waals surface area (Å²) in [6, 6.07) is 6.85. The molecule has 1 saturated heterocycles. The minimum Gasteiger partial charge on any atom is -0.497 e. The number of methoxy groups -OCH3 is 1. The minimum absolute atomic E-state index is 0.0246. The van der Waals surface area contributed by atoms with E-state index in [4.69, 9.17) is 4.74 Å². The van der Waals surface area contributed by atoms with Crippen molar-refractivity contribution in [3.63, 3.8) is 0 Å². The molecule has 3 aromatic rings. The molecule has 2 N–H and O–H groups in total. The molecule has 40 heavy (non-hydrogen) atoms. The molecule has 1 aliphatic heterocycles. The van der Waals surface area contributed by atoms with E-state index in [1.54, 1.807) is 18.2 Å². The Morgan fingerprint density at radius 1 is 1.18 bits per heavy atom. The molecule has 0 saturated carbocycles. The fraction of sp³-hybridized carbons (Fsp3) is 0.400. The number of alkyl halides is 1. The van der Waals surface area contributed by atoms with Crippen LogP contribution in [-0.2, 0) is 11.5 Å². The number of fused-ring (bicyclic) bond motifs is 1. The van der Waals surface area contributed by atoms with Gasteiger partial charge in [-0.1, -0.05) is 11.8 Å². The van der Waals surface area contributed by atoms with Crippen molar-refractivity contribution in [2.24, 2.45) is 5.41 Å². The van der Waals surface area contributed by atoms with Crippen LogP contribution < -0.4 is 4.74 Å². The van der Waals surface area contributed by atoms with Crippen molar-refractivity contribution in [2.45, 2.75) is 44.9 Å². The van der Waals surface area contributed by atoms with Gasteiger partial charge in [-0.15, -0.1) is 0 Å². The number of aromatic nitrogens is 1. The third-order valence-electron chi connectivity index (χ3n) is 7.59. The second-order valence-electron chi connectivity index (χ2n) is 10.2. The fourth-order valence-corrected chi connectivity index (χ4v) is 5.35. The molecular formula is C30H30F4N2O4. The first-order chi connectivity index (χ1) is 19.1. The highest BCUT2D eigenvalue weighted by Gasteiger charge is 2.37. The van der Waals surface area contributed by atoms with Crippen LogP contribution in [0.1, 0.15) is 54.9 Å². The third-order valence-corrected chi connectivity index (χ3v) is 7.59. The normalized spacial score (nSPS) is 15.8. The van der Waals surface area contributed by atoms with Gasteiger partial charge in [0.15, 0.2) is 17.5 Å². The second kappa shape index (κ2) is 12.7. The number of benzene rings is 2. The number of hydrogen-bond donors (Lipinski definition) is 2. The molecule has 2 heterocycles. The van der Waals surface area contributed by atoms with Gasteiger partial charge in [0.05, 0.1) is 31.7 Å². The molecule has 0 bridgehead atoms. The summed E-state index contributed by atoms with van der Waals surface area (Å²) in [5.74, 6) is 0.928. The summed E-state index contributed by atoms with van der Waals surface area (Å²) in [4.78, 5) is 18.1. The van der Waals surface area contributed by atoms with Gasteiger partial charge in [-0.25, -0.2) is 17.6 Å². The maximum absolute atomic E-state index is 13.9. The molecule has 2 aromatic carbocycles. The van der Waals surface area contributed by atoms with E-state index in [2.05, 4.69) is 16.8 Å². The molecule has 0 amide bonds. The number of nitrogens with zero attached hydrogens (tertiary/aromatic N) is 2. The average molecular weight is 559 g/mol. The highest BCUT2D eigenvalue weighted by atomic mass is 19.2. The van der Waals surface area contributed by atoms with E-state index in [9.17, 15) is 32.6 Å². The molecule has 4 rings (SSSR count). The van der Waals surface area contributed by atoms with Crippen LogP contribution in [0.5, 0.6) is 5.75 Å². The molecular weight excluding hydrogens is 528 g/mol. The second-order valence-corrected chi connectivity index (χ2v) is 10.2. The number of pyridine rings is 1. The van der Waals surface area contributed by atoms with Crippen LogP contribution in [0.25, 0.3) is 10.9 Å². The van der Waals surface area contributed by atoms with E-state index >= 15 is 0 Å². The Labute approximate surface area is 229 Å². The Hall–Kier alpha value is -3.68. The van der Waals surface area contributed by atoms with Gasteiger partial charge in [0.2, 0.25) is 0 Å². The van der Waals surface area contributed by atoms with Crippen molar-refractivity contribution < 1.29 is 37.3 Å². The zero-order valence-corrected chi connectivity index (χ0v) is 22.0. The Balaban J connectivity index is 1.45. The predicted molar refractivity (Wildman–Crippen MR) is 141 cm³/mol. The van der Waals surface area contributed by atoms with Crippen LogP contribution >= 0.6 is 0 Å². The molecule has 212 valence electrons. The van der Waals surface area contributed by atoms with Crippen LogP contribution in [0.4, 0.5) is 17.6 Å². The van der Waals surface area contributed by atoms with Gasteiger partial charge in [0.1, 0.15) is 12.4 Å². The molecule has 1 aromatic heterocycles. The van der Waals surface area contributed by atoms with Crippen molar-refractivity contribution in [1.82, 2.24) is 9.88 Å². The number of likely N-dealkylation sites (tertiary alicyclic amines) is 1. The lowest BCUT2D eigenvalue weighted by Crippen LogP contribution is -2.41. The van der Waals surface area contributed by atoms with Gasteiger partial charge >= 0.3 is 5.97 Å². The lowest BCUT2D eigenvalue weighted by atomic mass is 9.71. The van der Waals surface area contributed by atoms with Crippen molar-refractivity contribution in [2.75, 3.05) is 26.7 Å². The number of aliphatic hydroxyl groups excluding tert-OH is 1. The molecule has 1 aliphatic rings. The molecule has 1 atom stereocenters. The van der Waals surface area contributed by atoms with Crippen molar-refractivity contribution in [3.8, 4) is 17.6 Å². The molecule has 1 unspecified atom stereocenters. The standard InChI is InChI=1S/C30H30F4N2O4/c1-40-21-4-5-25-22(15-21)28(20(17-31)18-35-25)26(37)6-7-30(16-27(38)39)8-11-36(12-9-30)10-2-3-19-13-23(32)29(34)24(33)14-19/h4-5,13-15,18,26,37H,6-12,16-17H2,1H3,(H,38,39). The van der Waals surface area contributed by atoms with E-state index in [0.29, 0.717) is 54.6 Å². The number of aliphatic carboxylic acids is 1. The van der Waals surface area contributed by atoms with Crippen molar-refractivity contribution >= 4 is 16.9 Å². The van der Waals surface area contributed by atoms with E-state index < -0.39 is 41.6 Å². The first kappa shape index (κ1) is 29.3. The lowest BCUT2D eigenvalue weighted by Gasteiger charge is -2.41. The summed E-state index contributed by atoms with van der Waals surface area (Å²) in [6.45, 7) is 0.557. The van der Waals surface area contributed by atoms with Crippen LogP contribution in [0.15, 0.2) is 36.5 Å². The number of halogens is 4. The summed E-state index contributed by atoms with van der Waals surface area (Å²) < 4.78 is 59.1. The molecule has 1 fully saturated rings. The molecule has 0 spiro atoms. The minimum atomic E-state index is -1.54. The molecule has 0 radical (unpaired) electrons. The number of rotatable bonds is 9. The zero-order chi connectivity index (χ0) is 28.9. The molecule has 6 nitrogen and oxygen atoms in total. The Morgan fingerprint density at radius 3 is 2.50 bits per heavy atom. The Morgan fingerprint density at radius 2 is 1.88 bits per heavy atom. The number of carboxylic acid groups (broad SMARTS) is 1. The lowest BCUT2D eigenvalue weighted by molar-refractivity contribution is -0.141. The SMILES string of the molecule is COc1ccc2ncc(CF)c(C(O)CCC3(CC(=O)O)CCN(CC#Cc4cc(F)c(F)c(F)c4)CC3)c2c1. The first-order valence-corrected chi connectivity index (χ1v) is 12.9. The van der Waals surface area contributed by atoms with Gasteiger partial charge in [-0.3, -0.25) is 14.7 Å². The van der Waals surface area contributed by atoms with Crippen LogP contribution in [0.2, 0.25) is 0 Å². The quantitative estimate of drug-likeness (QED) is 0.204. The Kier molecular flexibility index (Phi) is 9.28. The van der Waals surface area contributed by atoms with Crippen molar-refractivity contribution in [3.05, 3.63) is 70.7 Å². The summed E-state index contributed by atoms with van der Waals surface area (Å²) >= 11 is 0. The van der Waals surface area contributed by atoms with Gasteiger partial charge < -0.3 is 14.9 Å². The topological polar surface area (TPSA) is 82.9 Å². The van der Waals surface area contributed by atoms with Crippen LogP contribution in [0.3, 0.4) is 0 Å². The Bertz CT molecular complexity index is 1420. The average Bonchev–Trinajstić information content (AvgIpc) is 2.94. The smallest absolute Gasteiger partial charge is 0.303 e. The summed E-state index contributed by atoms with van der Waals surface area (Å²) in [6.07, 6.45) is 2.02. The number of carbonyl (C=O) groups is 1. The van der Waals surface area contributed by atoms with Gasteiger partial charge in [-0.2, -0.15) is 0 Å². The number of carboxylic acids is 1. The van der Waals surface area contributed by atoms with Gasteiger partial charge in [0, 0.05) is 22.7 Å². The summed E-state index contributed by atoms with van der Waals surface area (Å²) in [5.41, 5.74) is 0.744. The van der Waals surface area contributed by atoms with E-state index in [1.807, 2.05) is 4.90 Å². The van der Waals surface area contributed by atoms with Crippen molar-refractivity contribution in [1.29, 1.82) is 0 Å². The van der Waals surface area contributed by atoms with Gasteiger partial charge in [-0.05, 0) is 80.1 Å². The van der Waals surface area contributed by atoms with Crippen LogP contribution in [0, 0.1) is 34.7 Å². The summed E-state index contributed by atoms with van der Waals surface area (Å²) in [7, 11) is 1.51. The monoisotopic (exact) mass is 558 g/mol. The maximum atomic E-state index is 13.9. The predicted octanol–water partition coefficient (Wildman–Crippen LogP) is 5.55. The van der Waals surface area contributed by atoms with E-state index in [1.165, 1.54) is 13.3 Å². The summed E-state index contributed by atoms with van der Waals surface area (Å²) in [5, 5.41) is 21.4. The van der Waals surface area contributed by atoms with Crippen LogP contribution in [-0.4, -0.2) is 52.8 Å².